The van der Waals surface area contributed by atoms with Crippen LogP contribution in [-0.2, 0) is 23.7 Å². The molecule has 0 saturated heterocycles. The molecule has 0 bridgehead atoms. The van der Waals surface area contributed by atoms with Gasteiger partial charge in [-0.05, 0) is 25.7 Å². The summed E-state index contributed by atoms with van der Waals surface area (Å²) in [5.41, 5.74) is 1.26. The summed E-state index contributed by atoms with van der Waals surface area (Å²) in [6.45, 7) is 13.4. The van der Waals surface area contributed by atoms with Gasteiger partial charge >= 0.3 is 0 Å². The lowest BCUT2D eigenvalue weighted by molar-refractivity contribution is -0.0121. The van der Waals surface area contributed by atoms with Gasteiger partial charge in [-0.25, -0.2) is 0 Å². The summed E-state index contributed by atoms with van der Waals surface area (Å²) < 4.78 is 26.8. The van der Waals surface area contributed by atoms with Crippen molar-refractivity contribution in [3.63, 3.8) is 0 Å². The number of rotatable bonds is 20. The number of hydrogen-bond donors (Lipinski definition) is 1. The van der Waals surface area contributed by atoms with E-state index in [0.717, 1.165) is 12.8 Å². The maximum Gasteiger partial charge on any atom is 0.0704 e. The van der Waals surface area contributed by atoms with Crippen molar-refractivity contribution >= 4 is 0 Å². The zero-order valence-corrected chi connectivity index (χ0v) is 16.6. The third-order valence-corrected chi connectivity index (χ3v) is 3.57. The SMILES string of the molecule is C=CC(C)CC/C=C(\C)COCCOCCOCCOCCOCCO. The first-order valence-corrected chi connectivity index (χ1v) is 9.48. The summed E-state index contributed by atoms with van der Waals surface area (Å²) in [5, 5.41) is 8.53. The molecule has 0 heterocycles. The van der Waals surface area contributed by atoms with Crippen LogP contribution in [0.25, 0.3) is 0 Å². The van der Waals surface area contributed by atoms with Crippen LogP contribution in [0.5, 0.6) is 0 Å². The van der Waals surface area contributed by atoms with Gasteiger partial charge in [-0.15, -0.1) is 6.58 Å². The highest BCUT2D eigenvalue weighted by atomic mass is 16.6. The van der Waals surface area contributed by atoms with E-state index < -0.39 is 0 Å². The van der Waals surface area contributed by atoms with Crippen molar-refractivity contribution in [3.8, 4) is 0 Å². The molecule has 0 spiro atoms. The zero-order chi connectivity index (χ0) is 19.3. The molecule has 0 aliphatic rings. The molecule has 6 nitrogen and oxygen atoms in total. The predicted octanol–water partition coefficient (Wildman–Crippen LogP) is 2.61. The van der Waals surface area contributed by atoms with E-state index in [1.54, 1.807) is 0 Å². The molecule has 0 saturated carbocycles. The van der Waals surface area contributed by atoms with Gasteiger partial charge in [0, 0.05) is 0 Å². The molecule has 154 valence electrons. The lowest BCUT2D eigenvalue weighted by atomic mass is 10.1. The molecule has 0 aromatic carbocycles. The lowest BCUT2D eigenvalue weighted by Crippen LogP contribution is -2.13. The Hall–Kier alpha value is -0.760. The summed E-state index contributed by atoms with van der Waals surface area (Å²) in [6, 6.07) is 0. The number of ether oxygens (including phenoxy) is 5. The van der Waals surface area contributed by atoms with Crippen molar-refractivity contribution in [1.29, 1.82) is 0 Å². The Balaban J connectivity index is 3.21. The van der Waals surface area contributed by atoms with Crippen LogP contribution < -0.4 is 0 Å². The number of allylic oxidation sites excluding steroid dienone is 2. The topological polar surface area (TPSA) is 66.4 Å². The van der Waals surface area contributed by atoms with E-state index in [1.807, 2.05) is 6.08 Å². The van der Waals surface area contributed by atoms with Gasteiger partial charge < -0.3 is 28.8 Å². The number of hydrogen-bond acceptors (Lipinski definition) is 6. The standard InChI is InChI=1S/C20H38O6/c1-4-19(2)6-5-7-20(3)18-26-17-16-25-15-14-24-13-12-23-11-10-22-9-8-21/h4,7,19,21H,1,5-6,8-18H2,2-3H3/b20-7+. The van der Waals surface area contributed by atoms with Crippen molar-refractivity contribution in [2.24, 2.45) is 5.92 Å². The van der Waals surface area contributed by atoms with E-state index in [0.29, 0.717) is 72.0 Å². The van der Waals surface area contributed by atoms with Gasteiger partial charge in [0.1, 0.15) is 0 Å². The van der Waals surface area contributed by atoms with Gasteiger partial charge in [-0.1, -0.05) is 24.6 Å². The fraction of sp³-hybridized carbons (Fsp3) is 0.800. The Kier molecular flexibility index (Phi) is 19.9. The number of aliphatic hydroxyl groups is 1. The minimum atomic E-state index is 0.0416. The van der Waals surface area contributed by atoms with Crippen molar-refractivity contribution in [3.05, 3.63) is 24.3 Å². The van der Waals surface area contributed by atoms with E-state index in [-0.39, 0.29) is 6.61 Å². The fourth-order valence-electron chi connectivity index (χ4n) is 1.95. The largest absolute Gasteiger partial charge is 0.394 e. The summed E-state index contributed by atoms with van der Waals surface area (Å²) in [5.74, 6) is 0.563. The molecule has 0 radical (unpaired) electrons. The van der Waals surface area contributed by atoms with Crippen LogP contribution >= 0.6 is 0 Å². The van der Waals surface area contributed by atoms with E-state index in [9.17, 15) is 0 Å². The van der Waals surface area contributed by atoms with Gasteiger partial charge in [0.25, 0.3) is 0 Å². The van der Waals surface area contributed by atoms with E-state index in [4.69, 9.17) is 28.8 Å². The van der Waals surface area contributed by atoms with Crippen LogP contribution in [0.15, 0.2) is 24.3 Å². The van der Waals surface area contributed by atoms with E-state index in [1.165, 1.54) is 5.57 Å². The van der Waals surface area contributed by atoms with Crippen molar-refractivity contribution < 1.29 is 28.8 Å². The first-order chi connectivity index (χ1) is 12.7. The molecule has 0 aliphatic carbocycles. The Morgan fingerprint density at radius 1 is 0.846 bits per heavy atom. The molecule has 6 heteroatoms. The highest BCUT2D eigenvalue weighted by molar-refractivity contribution is 4.98. The highest BCUT2D eigenvalue weighted by Crippen LogP contribution is 2.08. The van der Waals surface area contributed by atoms with Crippen LogP contribution in [0.4, 0.5) is 0 Å². The van der Waals surface area contributed by atoms with Crippen LogP contribution in [0.2, 0.25) is 0 Å². The van der Waals surface area contributed by atoms with Crippen LogP contribution in [0, 0.1) is 5.92 Å². The molecular weight excluding hydrogens is 336 g/mol. The van der Waals surface area contributed by atoms with Crippen molar-refractivity contribution in [2.45, 2.75) is 26.7 Å². The Bertz CT molecular complexity index is 332. The molecule has 0 amide bonds. The van der Waals surface area contributed by atoms with Crippen molar-refractivity contribution in [2.75, 3.05) is 72.7 Å². The maximum absolute atomic E-state index is 8.53. The normalized spacial score (nSPS) is 13.1. The molecule has 1 N–H and O–H groups in total. The second-order valence-electron chi connectivity index (χ2n) is 6.07. The summed E-state index contributed by atoms with van der Waals surface area (Å²) in [4.78, 5) is 0. The predicted molar refractivity (Wildman–Crippen MR) is 104 cm³/mol. The van der Waals surface area contributed by atoms with Crippen LogP contribution in [-0.4, -0.2) is 77.8 Å². The Labute approximate surface area is 159 Å². The maximum atomic E-state index is 8.53. The first-order valence-electron chi connectivity index (χ1n) is 9.48. The zero-order valence-electron chi connectivity index (χ0n) is 16.6. The molecule has 0 aliphatic heterocycles. The Morgan fingerprint density at radius 2 is 1.31 bits per heavy atom. The Morgan fingerprint density at radius 3 is 1.77 bits per heavy atom. The lowest BCUT2D eigenvalue weighted by Gasteiger charge is -2.08. The summed E-state index contributed by atoms with van der Waals surface area (Å²) >= 11 is 0. The van der Waals surface area contributed by atoms with Gasteiger partial charge in [0.2, 0.25) is 0 Å². The molecule has 0 fully saturated rings. The minimum absolute atomic E-state index is 0.0416. The summed E-state index contributed by atoms with van der Waals surface area (Å²) in [6.07, 6.45) is 6.42. The average molecular weight is 375 g/mol. The average Bonchev–Trinajstić information content (AvgIpc) is 2.64. The van der Waals surface area contributed by atoms with Gasteiger partial charge in [-0.3, -0.25) is 0 Å². The van der Waals surface area contributed by atoms with E-state index in [2.05, 4.69) is 26.5 Å². The first kappa shape index (κ1) is 25.2. The third-order valence-electron chi connectivity index (χ3n) is 3.57. The van der Waals surface area contributed by atoms with Gasteiger partial charge in [-0.2, -0.15) is 0 Å². The molecule has 0 rings (SSSR count). The van der Waals surface area contributed by atoms with Gasteiger partial charge in [0.05, 0.1) is 72.7 Å². The second-order valence-corrected chi connectivity index (χ2v) is 6.07. The van der Waals surface area contributed by atoms with E-state index >= 15 is 0 Å². The minimum Gasteiger partial charge on any atom is -0.394 e. The molecular formula is C20H38O6. The van der Waals surface area contributed by atoms with Crippen LogP contribution in [0.1, 0.15) is 26.7 Å². The molecule has 0 aromatic rings. The van der Waals surface area contributed by atoms with Crippen molar-refractivity contribution in [1.82, 2.24) is 0 Å². The number of aliphatic hydroxyl groups excluding tert-OH is 1. The fourth-order valence-corrected chi connectivity index (χ4v) is 1.95. The van der Waals surface area contributed by atoms with Gasteiger partial charge in [0.15, 0.2) is 0 Å². The third kappa shape index (κ3) is 19.6. The second kappa shape index (κ2) is 20.6. The van der Waals surface area contributed by atoms with Crippen LogP contribution in [0.3, 0.4) is 0 Å². The highest BCUT2D eigenvalue weighted by Gasteiger charge is 1.96. The summed E-state index contributed by atoms with van der Waals surface area (Å²) in [7, 11) is 0. The quantitative estimate of drug-likeness (QED) is 0.261. The molecule has 1 unspecified atom stereocenters. The molecule has 0 aromatic heterocycles. The molecule has 1 atom stereocenters. The monoisotopic (exact) mass is 374 g/mol. The molecule has 26 heavy (non-hydrogen) atoms. The smallest absolute Gasteiger partial charge is 0.0704 e.